The lowest BCUT2D eigenvalue weighted by Gasteiger charge is -2.21. The predicted molar refractivity (Wildman–Crippen MR) is 93.0 cm³/mol. The first-order valence-electron chi connectivity index (χ1n) is 8.56. The summed E-state index contributed by atoms with van der Waals surface area (Å²) in [6.07, 6.45) is 3.50. The highest BCUT2D eigenvalue weighted by molar-refractivity contribution is 5.79. The fraction of sp³-hybridized carbons (Fsp3) is 0.500. The number of para-hydroxylation sites is 1. The monoisotopic (exact) mass is 329 g/mol. The van der Waals surface area contributed by atoms with E-state index in [0.717, 1.165) is 32.4 Å². The number of carbonyl (C=O) groups excluding carboxylic acids is 1. The molecule has 24 heavy (non-hydrogen) atoms. The minimum atomic E-state index is -0.462. The highest BCUT2D eigenvalue weighted by atomic mass is 16.2. The van der Waals surface area contributed by atoms with Gasteiger partial charge in [-0.3, -0.25) is 19.1 Å². The lowest BCUT2D eigenvalue weighted by Crippen LogP contribution is -2.35. The molecule has 1 atom stereocenters. The number of aromatic amines is 1. The molecule has 0 saturated carbocycles. The number of nitrogens with zero attached hydrogens (tertiary/aromatic N) is 2. The third-order valence-electron chi connectivity index (χ3n) is 4.82. The Bertz CT molecular complexity index is 852. The van der Waals surface area contributed by atoms with Crippen LogP contribution in [-0.4, -0.2) is 33.4 Å². The maximum atomic E-state index is 12.5. The van der Waals surface area contributed by atoms with E-state index in [0.29, 0.717) is 16.8 Å². The summed E-state index contributed by atoms with van der Waals surface area (Å²) in [6, 6.07) is 6.97. The van der Waals surface area contributed by atoms with Crippen LogP contribution in [0.4, 0.5) is 0 Å². The lowest BCUT2D eigenvalue weighted by atomic mass is 10.0. The van der Waals surface area contributed by atoms with Crippen LogP contribution in [0.2, 0.25) is 0 Å². The van der Waals surface area contributed by atoms with Gasteiger partial charge in [-0.1, -0.05) is 19.1 Å². The highest BCUT2D eigenvalue weighted by Gasteiger charge is 2.18. The number of benzene rings is 1. The summed E-state index contributed by atoms with van der Waals surface area (Å²) >= 11 is 0. The Morgan fingerprint density at radius 3 is 2.83 bits per heavy atom. The van der Waals surface area contributed by atoms with E-state index in [1.54, 1.807) is 24.3 Å². The molecule has 2 aromatic rings. The van der Waals surface area contributed by atoms with Crippen LogP contribution in [0.15, 0.2) is 33.9 Å². The lowest BCUT2D eigenvalue weighted by molar-refractivity contribution is -0.131. The number of carbonyl (C=O) groups is 1. The molecule has 1 aromatic heterocycles. The Hall–Kier alpha value is -2.37. The molecule has 128 valence electrons. The van der Waals surface area contributed by atoms with Crippen molar-refractivity contribution >= 4 is 16.8 Å². The summed E-state index contributed by atoms with van der Waals surface area (Å²) in [5.74, 6) is 0.736. The van der Waals surface area contributed by atoms with Gasteiger partial charge in [0, 0.05) is 26.1 Å². The number of rotatable bonds is 3. The quantitative estimate of drug-likeness (QED) is 0.932. The molecule has 1 amide bonds. The minimum absolute atomic E-state index is 0.0753. The van der Waals surface area contributed by atoms with Crippen LogP contribution < -0.4 is 11.2 Å². The van der Waals surface area contributed by atoms with Gasteiger partial charge in [0.1, 0.15) is 0 Å². The van der Waals surface area contributed by atoms with Crippen LogP contribution in [0.25, 0.3) is 10.9 Å². The molecule has 2 heterocycles. The van der Waals surface area contributed by atoms with E-state index >= 15 is 0 Å². The van der Waals surface area contributed by atoms with Crippen molar-refractivity contribution in [2.24, 2.45) is 5.92 Å². The standard InChI is InChI=1S/C18H23N3O3/c1-13-5-4-10-20(11-8-13)16(22)9-12-21-15-7-3-2-6-14(15)17(23)19-18(21)24/h2-3,6-7,13H,4-5,8-12H2,1H3,(H,19,23,24)/t13-/m1/s1. The molecule has 1 aliphatic heterocycles. The van der Waals surface area contributed by atoms with E-state index in [1.165, 1.54) is 4.57 Å². The summed E-state index contributed by atoms with van der Waals surface area (Å²) in [5, 5.41) is 0.466. The summed E-state index contributed by atoms with van der Waals surface area (Å²) in [6.45, 7) is 4.09. The Kier molecular flexibility index (Phi) is 4.83. The third kappa shape index (κ3) is 3.42. The number of aryl methyl sites for hydroxylation is 1. The van der Waals surface area contributed by atoms with Crippen LogP contribution in [-0.2, 0) is 11.3 Å². The minimum Gasteiger partial charge on any atom is -0.343 e. The van der Waals surface area contributed by atoms with Crippen molar-refractivity contribution in [2.75, 3.05) is 13.1 Å². The van der Waals surface area contributed by atoms with E-state index in [9.17, 15) is 14.4 Å². The van der Waals surface area contributed by atoms with E-state index in [2.05, 4.69) is 11.9 Å². The van der Waals surface area contributed by atoms with Crippen molar-refractivity contribution in [1.82, 2.24) is 14.5 Å². The third-order valence-corrected chi connectivity index (χ3v) is 4.82. The molecule has 0 radical (unpaired) electrons. The van der Waals surface area contributed by atoms with Crippen LogP contribution in [0, 0.1) is 5.92 Å². The first kappa shape index (κ1) is 16.5. The van der Waals surface area contributed by atoms with E-state index in [4.69, 9.17) is 0 Å². The van der Waals surface area contributed by atoms with Crippen LogP contribution in [0.3, 0.4) is 0 Å². The second kappa shape index (κ2) is 7.03. The average molecular weight is 329 g/mol. The normalized spacial score (nSPS) is 18.5. The van der Waals surface area contributed by atoms with Gasteiger partial charge < -0.3 is 4.90 Å². The van der Waals surface area contributed by atoms with Crippen molar-refractivity contribution in [3.8, 4) is 0 Å². The number of fused-ring (bicyclic) bond motifs is 1. The van der Waals surface area contributed by atoms with E-state index in [-0.39, 0.29) is 24.4 Å². The maximum absolute atomic E-state index is 12.5. The summed E-state index contributed by atoms with van der Waals surface area (Å²) in [5.41, 5.74) is -0.279. The molecule has 1 saturated heterocycles. The molecule has 0 bridgehead atoms. The molecule has 0 aliphatic carbocycles. The van der Waals surface area contributed by atoms with Crippen molar-refractivity contribution in [3.63, 3.8) is 0 Å². The zero-order valence-electron chi connectivity index (χ0n) is 14.0. The number of hydrogen-bond donors (Lipinski definition) is 1. The largest absolute Gasteiger partial charge is 0.343 e. The van der Waals surface area contributed by atoms with Gasteiger partial charge in [-0.05, 0) is 37.3 Å². The molecule has 0 unspecified atom stereocenters. The fourth-order valence-electron chi connectivity index (χ4n) is 3.34. The molecule has 6 nitrogen and oxygen atoms in total. The second-order valence-corrected chi connectivity index (χ2v) is 6.59. The molecule has 1 N–H and O–H groups in total. The summed E-state index contributed by atoms with van der Waals surface area (Å²) in [4.78, 5) is 40.7. The van der Waals surface area contributed by atoms with Crippen molar-refractivity contribution in [3.05, 3.63) is 45.1 Å². The number of hydrogen-bond acceptors (Lipinski definition) is 3. The molecule has 3 rings (SSSR count). The van der Waals surface area contributed by atoms with E-state index < -0.39 is 5.69 Å². The summed E-state index contributed by atoms with van der Waals surface area (Å²) < 4.78 is 1.48. The van der Waals surface area contributed by atoms with Gasteiger partial charge in [0.25, 0.3) is 5.56 Å². The van der Waals surface area contributed by atoms with Crippen molar-refractivity contribution in [2.45, 2.75) is 39.2 Å². The van der Waals surface area contributed by atoms with Gasteiger partial charge in [0.15, 0.2) is 0 Å². The fourth-order valence-corrected chi connectivity index (χ4v) is 3.34. The molecular weight excluding hydrogens is 306 g/mol. The Labute approximate surface area is 140 Å². The van der Waals surface area contributed by atoms with Crippen molar-refractivity contribution < 1.29 is 4.79 Å². The van der Waals surface area contributed by atoms with Crippen LogP contribution in [0.5, 0.6) is 0 Å². The predicted octanol–water partition coefficient (Wildman–Crippen LogP) is 1.73. The number of amides is 1. The first-order chi connectivity index (χ1) is 11.6. The number of H-pyrrole nitrogens is 1. The number of nitrogens with one attached hydrogen (secondary N) is 1. The first-order valence-corrected chi connectivity index (χ1v) is 8.56. The molecule has 6 heteroatoms. The zero-order chi connectivity index (χ0) is 17.1. The van der Waals surface area contributed by atoms with Gasteiger partial charge in [-0.25, -0.2) is 4.79 Å². The van der Waals surface area contributed by atoms with Crippen LogP contribution >= 0.6 is 0 Å². The Balaban J connectivity index is 1.77. The number of aromatic nitrogens is 2. The average Bonchev–Trinajstić information content (AvgIpc) is 2.79. The molecule has 0 spiro atoms. The zero-order valence-corrected chi connectivity index (χ0v) is 14.0. The summed E-state index contributed by atoms with van der Waals surface area (Å²) in [7, 11) is 0. The van der Waals surface area contributed by atoms with Crippen LogP contribution in [0.1, 0.15) is 32.6 Å². The maximum Gasteiger partial charge on any atom is 0.328 e. The Morgan fingerprint density at radius 2 is 2.00 bits per heavy atom. The van der Waals surface area contributed by atoms with Gasteiger partial charge in [0.05, 0.1) is 10.9 Å². The van der Waals surface area contributed by atoms with Gasteiger partial charge >= 0.3 is 5.69 Å². The van der Waals surface area contributed by atoms with Gasteiger partial charge in [-0.2, -0.15) is 0 Å². The molecule has 1 aromatic carbocycles. The van der Waals surface area contributed by atoms with E-state index in [1.807, 2.05) is 4.90 Å². The smallest absolute Gasteiger partial charge is 0.328 e. The SMILES string of the molecule is C[C@@H]1CCCN(C(=O)CCn2c(=O)[nH]c(=O)c3ccccc32)CC1. The molecular formula is C18H23N3O3. The Morgan fingerprint density at radius 1 is 1.21 bits per heavy atom. The molecule has 1 fully saturated rings. The molecule has 1 aliphatic rings. The highest BCUT2D eigenvalue weighted by Crippen LogP contribution is 2.17. The second-order valence-electron chi connectivity index (χ2n) is 6.59. The van der Waals surface area contributed by atoms with Crippen molar-refractivity contribution in [1.29, 1.82) is 0 Å². The van der Waals surface area contributed by atoms with Gasteiger partial charge in [-0.15, -0.1) is 0 Å². The van der Waals surface area contributed by atoms with Gasteiger partial charge in [0.2, 0.25) is 5.91 Å². The number of likely N-dealkylation sites (tertiary alicyclic amines) is 1. The topological polar surface area (TPSA) is 75.2 Å².